The first-order valence-corrected chi connectivity index (χ1v) is 8.77. The lowest BCUT2D eigenvalue weighted by atomic mass is 9.99. The number of hydrogen-bond donors (Lipinski definition) is 2. The molecule has 1 aromatic rings. The van der Waals surface area contributed by atoms with E-state index >= 15 is 0 Å². The Balaban J connectivity index is 2.26. The SMILES string of the molecule is Cc1cc(F)c(N)c(C)c1S(=O)(=O)NCC1CCCC1C. The number of benzene rings is 1. The topological polar surface area (TPSA) is 72.2 Å². The van der Waals surface area contributed by atoms with Crippen LogP contribution in [0.15, 0.2) is 11.0 Å². The minimum atomic E-state index is -3.67. The molecule has 4 nitrogen and oxygen atoms in total. The van der Waals surface area contributed by atoms with Gasteiger partial charge in [-0.1, -0.05) is 19.8 Å². The number of hydrogen-bond acceptors (Lipinski definition) is 3. The van der Waals surface area contributed by atoms with E-state index in [1.165, 1.54) is 13.0 Å². The molecule has 0 bridgehead atoms. The molecule has 3 N–H and O–H groups in total. The highest BCUT2D eigenvalue weighted by atomic mass is 32.2. The Bertz CT molecular complexity index is 644. The summed E-state index contributed by atoms with van der Waals surface area (Å²) in [5.41, 5.74) is 6.18. The van der Waals surface area contributed by atoms with Crippen molar-refractivity contribution in [3.05, 3.63) is 23.0 Å². The van der Waals surface area contributed by atoms with Crippen LogP contribution >= 0.6 is 0 Å². The molecule has 21 heavy (non-hydrogen) atoms. The molecule has 1 fully saturated rings. The summed E-state index contributed by atoms with van der Waals surface area (Å²) < 4.78 is 41.2. The molecule has 0 saturated heterocycles. The zero-order valence-electron chi connectivity index (χ0n) is 12.7. The molecule has 1 aromatic carbocycles. The average molecular weight is 314 g/mol. The van der Waals surface area contributed by atoms with Gasteiger partial charge in [0, 0.05) is 6.54 Å². The maximum Gasteiger partial charge on any atom is 0.241 e. The van der Waals surface area contributed by atoms with Gasteiger partial charge in [-0.25, -0.2) is 17.5 Å². The van der Waals surface area contributed by atoms with E-state index in [2.05, 4.69) is 11.6 Å². The third-order valence-electron chi connectivity index (χ3n) is 4.55. The summed E-state index contributed by atoms with van der Waals surface area (Å²) >= 11 is 0. The maximum atomic E-state index is 13.6. The van der Waals surface area contributed by atoms with Gasteiger partial charge in [0.25, 0.3) is 0 Å². The van der Waals surface area contributed by atoms with Gasteiger partial charge >= 0.3 is 0 Å². The van der Waals surface area contributed by atoms with Crippen LogP contribution in [0.5, 0.6) is 0 Å². The van der Waals surface area contributed by atoms with Gasteiger partial charge in [-0.05, 0) is 49.3 Å². The van der Waals surface area contributed by atoms with Gasteiger partial charge in [0.15, 0.2) is 0 Å². The summed E-state index contributed by atoms with van der Waals surface area (Å²) in [7, 11) is -3.67. The van der Waals surface area contributed by atoms with Crippen LogP contribution in [0.3, 0.4) is 0 Å². The molecule has 2 unspecified atom stereocenters. The predicted octanol–water partition coefficient (Wildman–Crippen LogP) is 2.74. The number of nitrogen functional groups attached to an aromatic ring is 1. The molecular weight excluding hydrogens is 291 g/mol. The van der Waals surface area contributed by atoms with Gasteiger partial charge in [-0.15, -0.1) is 0 Å². The lowest BCUT2D eigenvalue weighted by Gasteiger charge is -2.18. The molecular formula is C15H23FN2O2S. The lowest BCUT2D eigenvalue weighted by Crippen LogP contribution is -2.31. The van der Waals surface area contributed by atoms with E-state index in [0.717, 1.165) is 19.3 Å². The van der Waals surface area contributed by atoms with E-state index in [0.29, 0.717) is 23.9 Å². The summed E-state index contributed by atoms with van der Waals surface area (Å²) in [6.07, 6.45) is 3.34. The zero-order valence-corrected chi connectivity index (χ0v) is 13.6. The van der Waals surface area contributed by atoms with E-state index in [1.807, 2.05) is 0 Å². The Kier molecular flexibility index (Phi) is 4.58. The normalized spacial score (nSPS) is 22.7. The number of halogens is 1. The Labute approximate surface area is 126 Å². The summed E-state index contributed by atoms with van der Waals surface area (Å²) in [6.45, 7) is 5.71. The van der Waals surface area contributed by atoms with Crippen LogP contribution < -0.4 is 10.5 Å². The minimum Gasteiger partial charge on any atom is -0.396 e. The summed E-state index contributed by atoms with van der Waals surface area (Å²) in [5.74, 6) is 0.333. The van der Waals surface area contributed by atoms with E-state index in [4.69, 9.17) is 5.73 Å². The molecule has 0 radical (unpaired) electrons. The molecule has 1 aliphatic carbocycles. The van der Waals surface area contributed by atoms with E-state index in [-0.39, 0.29) is 16.1 Å². The molecule has 2 rings (SSSR count). The molecule has 0 spiro atoms. The third-order valence-corrected chi connectivity index (χ3v) is 6.26. The fraction of sp³-hybridized carbons (Fsp3) is 0.600. The number of aryl methyl sites for hydroxylation is 1. The zero-order chi connectivity index (χ0) is 15.8. The average Bonchev–Trinajstić information content (AvgIpc) is 2.79. The van der Waals surface area contributed by atoms with E-state index in [9.17, 15) is 12.8 Å². The molecule has 0 aromatic heterocycles. The molecule has 6 heteroatoms. The van der Waals surface area contributed by atoms with E-state index < -0.39 is 15.8 Å². The van der Waals surface area contributed by atoms with Crippen LogP contribution in [0.4, 0.5) is 10.1 Å². The third kappa shape index (κ3) is 3.21. The van der Waals surface area contributed by atoms with Crippen molar-refractivity contribution in [1.82, 2.24) is 4.72 Å². The second-order valence-electron chi connectivity index (χ2n) is 6.06. The van der Waals surface area contributed by atoms with E-state index in [1.54, 1.807) is 6.92 Å². The van der Waals surface area contributed by atoms with Crippen molar-refractivity contribution in [3.8, 4) is 0 Å². The van der Waals surface area contributed by atoms with Crippen LogP contribution in [0.25, 0.3) is 0 Å². The lowest BCUT2D eigenvalue weighted by molar-refractivity contribution is 0.414. The molecule has 1 aliphatic rings. The van der Waals surface area contributed by atoms with Gasteiger partial charge in [-0.3, -0.25) is 0 Å². The summed E-state index contributed by atoms with van der Waals surface area (Å²) in [6, 6.07) is 1.18. The number of sulfonamides is 1. The minimum absolute atomic E-state index is 0.102. The molecule has 1 saturated carbocycles. The van der Waals surface area contributed by atoms with Crippen molar-refractivity contribution < 1.29 is 12.8 Å². The first kappa shape index (κ1) is 16.2. The fourth-order valence-corrected chi connectivity index (χ4v) is 4.73. The second-order valence-corrected chi connectivity index (χ2v) is 7.77. The number of rotatable bonds is 4. The predicted molar refractivity (Wildman–Crippen MR) is 82.0 cm³/mol. The van der Waals surface area contributed by atoms with Crippen molar-refractivity contribution in [1.29, 1.82) is 0 Å². The van der Waals surface area contributed by atoms with Crippen LogP contribution in [0.1, 0.15) is 37.3 Å². The van der Waals surface area contributed by atoms with Crippen molar-refractivity contribution in [2.24, 2.45) is 11.8 Å². The van der Waals surface area contributed by atoms with Crippen LogP contribution in [-0.4, -0.2) is 15.0 Å². The number of anilines is 1. The Morgan fingerprint density at radius 3 is 2.62 bits per heavy atom. The van der Waals surface area contributed by atoms with Gasteiger partial charge in [0.1, 0.15) is 5.82 Å². The highest BCUT2D eigenvalue weighted by Crippen LogP contribution is 2.31. The van der Waals surface area contributed by atoms with Gasteiger partial charge < -0.3 is 5.73 Å². The fourth-order valence-electron chi connectivity index (χ4n) is 3.16. The van der Waals surface area contributed by atoms with Crippen LogP contribution in [0, 0.1) is 31.5 Å². The van der Waals surface area contributed by atoms with Gasteiger partial charge in [0.05, 0.1) is 10.6 Å². The summed E-state index contributed by atoms with van der Waals surface area (Å²) in [4.78, 5) is 0.104. The number of nitrogens with one attached hydrogen (secondary N) is 1. The van der Waals surface area contributed by atoms with Crippen LogP contribution in [0.2, 0.25) is 0 Å². The molecule has 2 atom stereocenters. The van der Waals surface area contributed by atoms with Gasteiger partial charge in [0.2, 0.25) is 10.0 Å². The molecule has 118 valence electrons. The first-order valence-electron chi connectivity index (χ1n) is 7.29. The molecule has 0 heterocycles. The standard InChI is InChI=1S/C15H23FN2O2S/c1-9-5-4-6-12(9)8-18-21(19,20)15-10(2)7-13(16)14(17)11(15)3/h7,9,12,18H,4-6,8,17H2,1-3H3. The quantitative estimate of drug-likeness (QED) is 0.839. The van der Waals surface area contributed by atoms with Crippen molar-refractivity contribution in [3.63, 3.8) is 0 Å². The van der Waals surface area contributed by atoms with Crippen LogP contribution in [-0.2, 0) is 10.0 Å². The highest BCUT2D eigenvalue weighted by molar-refractivity contribution is 7.89. The van der Waals surface area contributed by atoms with Crippen molar-refractivity contribution in [2.75, 3.05) is 12.3 Å². The highest BCUT2D eigenvalue weighted by Gasteiger charge is 2.27. The Morgan fingerprint density at radius 2 is 2.05 bits per heavy atom. The van der Waals surface area contributed by atoms with Crippen molar-refractivity contribution >= 4 is 15.7 Å². The number of nitrogens with two attached hydrogens (primary N) is 1. The Morgan fingerprint density at radius 1 is 1.38 bits per heavy atom. The monoisotopic (exact) mass is 314 g/mol. The molecule has 0 amide bonds. The summed E-state index contributed by atoms with van der Waals surface area (Å²) in [5, 5.41) is 0. The smallest absolute Gasteiger partial charge is 0.241 e. The van der Waals surface area contributed by atoms with Gasteiger partial charge in [-0.2, -0.15) is 0 Å². The molecule has 0 aliphatic heterocycles. The van der Waals surface area contributed by atoms with Crippen molar-refractivity contribution in [2.45, 2.75) is 44.9 Å². The largest absolute Gasteiger partial charge is 0.396 e. The maximum absolute atomic E-state index is 13.6. The second kappa shape index (κ2) is 5.93. The Hall–Kier alpha value is -1.14. The first-order chi connectivity index (χ1) is 9.74.